The molecule has 2 aliphatic heterocycles. The Bertz CT molecular complexity index is 2030. The highest BCUT2D eigenvalue weighted by molar-refractivity contribution is 7.25. The molecule has 2 aliphatic rings. The summed E-state index contributed by atoms with van der Waals surface area (Å²) in [5, 5.41) is 5.28. The largest absolute Gasteiger partial charge is 0.456 e. The highest BCUT2D eigenvalue weighted by Crippen LogP contribution is 2.51. The van der Waals surface area contributed by atoms with Crippen molar-refractivity contribution in [3.63, 3.8) is 0 Å². The molecule has 2 nitrogen and oxygen atoms in total. The zero-order chi connectivity index (χ0) is 23.4. The lowest BCUT2D eigenvalue weighted by Crippen LogP contribution is -2.22. The minimum atomic E-state index is 0.500. The van der Waals surface area contributed by atoms with Crippen molar-refractivity contribution in [3.05, 3.63) is 108 Å². The third kappa shape index (κ3) is 2.41. The van der Waals surface area contributed by atoms with Crippen molar-refractivity contribution in [3.8, 4) is 11.1 Å². The van der Waals surface area contributed by atoms with E-state index in [2.05, 4.69) is 95.9 Å². The van der Waals surface area contributed by atoms with E-state index < -0.39 is 0 Å². The van der Waals surface area contributed by atoms with Gasteiger partial charge < -0.3 is 9.32 Å². The zero-order valence-corrected chi connectivity index (χ0v) is 20.3. The van der Waals surface area contributed by atoms with Gasteiger partial charge in [0.1, 0.15) is 11.2 Å². The molecule has 1 atom stereocenters. The number of anilines is 2. The summed E-state index contributed by atoms with van der Waals surface area (Å²) in [5.41, 5.74) is 10.2. The summed E-state index contributed by atoms with van der Waals surface area (Å²) in [5.74, 6) is 0. The summed E-state index contributed by atoms with van der Waals surface area (Å²) >= 11 is 1.92. The van der Waals surface area contributed by atoms with Crippen LogP contribution in [0.2, 0.25) is 0 Å². The molecule has 0 bridgehead atoms. The monoisotopic (exact) mass is 479 g/mol. The molecule has 0 saturated carbocycles. The summed E-state index contributed by atoms with van der Waals surface area (Å²) < 4.78 is 8.96. The molecule has 170 valence electrons. The Balaban J connectivity index is 1.20. The van der Waals surface area contributed by atoms with Gasteiger partial charge >= 0.3 is 0 Å². The van der Waals surface area contributed by atoms with E-state index in [0.29, 0.717) is 6.04 Å². The van der Waals surface area contributed by atoms with E-state index >= 15 is 0 Å². The SMILES string of the molecule is c1ccc2c(c1)oc1cccc(-c3ccc4c(c3)CC3Cc5c(ccc6sc7ccccc7c56)N43)c12. The standard InChI is InChI=1S/C33H21NOS/c1-3-9-28-23(6-1)32-22(8-5-10-29(32)35-28)19-12-13-26-20(16-19)17-21-18-25-27(34(21)26)14-15-31-33(25)24-7-2-4-11-30(24)36-31/h1-16,21H,17-18H2. The molecule has 0 fully saturated rings. The topological polar surface area (TPSA) is 16.4 Å². The minimum Gasteiger partial charge on any atom is -0.456 e. The Morgan fingerprint density at radius 2 is 1.50 bits per heavy atom. The average Bonchev–Trinajstić information content (AvgIpc) is 3.65. The van der Waals surface area contributed by atoms with Gasteiger partial charge in [-0.25, -0.2) is 0 Å². The van der Waals surface area contributed by atoms with E-state index in [1.165, 1.54) is 64.6 Å². The molecule has 0 saturated heterocycles. The van der Waals surface area contributed by atoms with Gasteiger partial charge in [-0.2, -0.15) is 0 Å². The summed E-state index contributed by atoms with van der Waals surface area (Å²) in [4.78, 5) is 2.61. The third-order valence-electron chi connectivity index (χ3n) is 8.20. The number of para-hydroxylation sites is 1. The third-order valence-corrected chi connectivity index (χ3v) is 9.33. The normalized spacial score (nSPS) is 16.3. The van der Waals surface area contributed by atoms with E-state index in [9.17, 15) is 0 Å². The Hall–Kier alpha value is -4.08. The maximum atomic E-state index is 6.16. The fraction of sp³-hybridized carbons (Fsp3) is 0.0909. The molecule has 1 unspecified atom stereocenters. The highest BCUT2D eigenvalue weighted by Gasteiger charge is 2.38. The van der Waals surface area contributed by atoms with Crippen molar-refractivity contribution in [1.29, 1.82) is 0 Å². The van der Waals surface area contributed by atoms with Gasteiger partial charge in [0.05, 0.1) is 0 Å². The van der Waals surface area contributed by atoms with Gasteiger partial charge in [0.2, 0.25) is 0 Å². The van der Waals surface area contributed by atoms with Gasteiger partial charge in [-0.3, -0.25) is 0 Å². The van der Waals surface area contributed by atoms with Gasteiger partial charge in [-0.05, 0) is 77.6 Å². The Morgan fingerprint density at radius 1 is 0.667 bits per heavy atom. The predicted molar refractivity (Wildman–Crippen MR) is 152 cm³/mol. The quantitative estimate of drug-likeness (QED) is 0.233. The van der Waals surface area contributed by atoms with Crippen LogP contribution < -0.4 is 4.90 Å². The summed E-state index contributed by atoms with van der Waals surface area (Å²) in [7, 11) is 0. The average molecular weight is 480 g/mol. The molecular formula is C33H21NOS. The molecule has 9 rings (SSSR count). The van der Waals surface area contributed by atoms with Crippen molar-refractivity contribution in [1.82, 2.24) is 0 Å². The predicted octanol–water partition coefficient (Wildman–Crippen LogP) is 9.24. The molecule has 0 aliphatic carbocycles. The first-order valence-corrected chi connectivity index (χ1v) is 13.4. The van der Waals surface area contributed by atoms with Crippen molar-refractivity contribution in [2.24, 2.45) is 0 Å². The van der Waals surface area contributed by atoms with Crippen molar-refractivity contribution in [2.75, 3.05) is 4.90 Å². The van der Waals surface area contributed by atoms with Crippen LogP contribution >= 0.6 is 11.3 Å². The Kier molecular flexibility index (Phi) is 3.60. The van der Waals surface area contributed by atoms with Crippen LogP contribution in [0.4, 0.5) is 11.4 Å². The molecule has 5 aromatic carbocycles. The van der Waals surface area contributed by atoms with Crippen molar-refractivity contribution in [2.45, 2.75) is 18.9 Å². The molecule has 3 heteroatoms. The van der Waals surface area contributed by atoms with E-state index in [0.717, 1.165) is 24.0 Å². The molecule has 0 N–H and O–H groups in total. The van der Waals surface area contributed by atoms with Gasteiger partial charge in [-0.15, -0.1) is 11.3 Å². The van der Waals surface area contributed by atoms with Crippen LogP contribution in [-0.2, 0) is 12.8 Å². The lowest BCUT2D eigenvalue weighted by atomic mass is 9.95. The van der Waals surface area contributed by atoms with Crippen LogP contribution in [0.1, 0.15) is 11.1 Å². The first kappa shape index (κ1) is 19.1. The first-order valence-electron chi connectivity index (χ1n) is 12.6. The number of benzene rings is 5. The Morgan fingerprint density at radius 3 is 2.47 bits per heavy atom. The lowest BCUT2D eigenvalue weighted by molar-refractivity contribution is 0.669. The van der Waals surface area contributed by atoms with Crippen LogP contribution in [-0.4, -0.2) is 6.04 Å². The fourth-order valence-electron chi connectivity index (χ4n) is 6.74. The van der Waals surface area contributed by atoms with Gasteiger partial charge in [-0.1, -0.05) is 54.6 Å². The number of fused-ring (bicyclic) bond motifs is 12. The molecule has 7 aromatic rings. The smallest absolute Gasteiger partial charge is 0.136 e. The molecule has 0 spiro atoms. The summed E-state index contributed by atoms with van der Waals surface area (Å²) in [6.45, 7) is 0. The number of hydrogen-bond donors (Lipinski definition) is 0. The minimum absolute atomic E-state index is 0.500. The Labute approximate surface area is 212 Å². The van der Waals surface area contributed by atoms with Crippen LogP contribution in [0.15, 0.2) is 101 Å². The highest BCUT2D eigenvalue weighted by atomic mass is 32.1. The maximum absolute atomic E-state index is 6.16. The van der Waals surface area contributed by atoms with Crippen LogP contribution in [0.5, 0.6) is 0 Å². The van der Waals surface area contributed by atoms with Crippen LogP contribution in [0.3, 0.4) is 0 Å². The van der Waals surface area contributed by atoms with E-state index in [4.69, 9.17) is 4.42 Å². The van der Waals surface area contributed by atoms with Gasteiger partial charge in [0.25, 0.3) is 0 Å². The summed E-state index contributed by atoms with van der Waals surface area (Å²) in [6.07, 6.45) is 2.20. The number of furan rings is 1. The second-order valence-electron chi connectivity index (χ2n) is 10.1. The summed E-state index contributed by atoms with van der Waals surface area (Å²) in [6, 6.07) is 35.9. The van der Waals surface area contributed by atoms with E-state index in [1.807, 2.05) is 17.4 Å². The second kappa shape index (κ2) is 6.77. The number of nitrogens with zero attached hydrogens (tertiary/aromatic N) is 1. The van der Waals surface area contributed by atoms with E-state index in [-0.39, 0.29) is 0 Å². The maximum Gasteiger partial charge on any atom is 0.136 e. The number of rotatable bonds is 1. The fourth-order valence-corrected chi connectivity index (χ4v) is 7.88. The number of thiophene rings is 1. The molecule has 2 aromatic heterocycles. The van der Waals surface area contributed by atoms with Crippen molar-refractivity contribution < 1.29 is 4.42 Å². The van der Waals surface area contributed by atoms with Crippen molar-refractivity contribution >= 4 is 64.8 Å². The van der Waals surface area contributed by atoms with Gasteiger partial charge in [0, 0.05) is 48.4 Å². The lowest BCUT2D eigenvalue weighted by Gasteiger charge is -2.20. The molecule has 4 heterocycles. The molecule has 36 heavy (non-hydrogen) atoms. The van der Waals surface area contributed by atoms with Crippen LogP contribution in [0.25, 0.3) is 53.2 Å². The molecular weight excluding hydrogens is 458 g/mol. The number of hydrogen-bond acceptors (Lipinski definition) is 3. The van der Waals surface area contributed by atoms with E-state index in [1.54, 1.807) is 0 Å². The molecule has 0 amide bonds. The van der Waals surface area contributed by atoms with Gasteiger partial charge in [0.15, 0.2) is 0 Å². The van der Waals surface area contributed by atoms with Crippen LogP contribution in [0, 0.1) is 0 Å². The molecule has 0 radical (unpaired) electrons. The zero-order valence-electron chi connectivity index (χ0n) is 19.5. The second-order valence-corrected chi connectivity index (χ2v) is 11.2. The first-order chi connectivity index (χ1) is 17.8.